The van der Waals surface area contributed by atoms with Gasteiger partial charge in [0.25, 0.3) is 0 Å². The van der Waals surface area contributed by atoms with Gasteiger partial charge in [-0.05, 0) is 56.1 Å². The summed E-state index contributed by atoms with van der Waals surface area (Å²) < 4.78 is 0. The standard InChI is InChI=1S/C31H41N7O4/c32-31(33)35-19-17-24(28(40)34-18-7-12-21-8-3-1-4-9-21)37-29(41)26-16-14-23-13-15-25(30(42)38(23)26)36-27(39)20-22-10-5-2-6-11-22/h1-6,8-11,23-26H,7,12-20H2,(H,34,40)(H,36,39)(H,37,41)(H4,32,33,35)/t23-,24-,25?,26?/m0/s1. The summed E-state index contributed by atoms with van der Waals surface area (Å²) in [6.07, 6.45) is 4.35. The molecular formula is C31H41N7O4. The molecule has 2 aliphatic heterocycles. The number of carbonyl (C=O) groups excluding carboxylic acids is 4. The number of amides is 4. The van der Waals surface area contributed by atoms with Crippen molar-refractivity contribution in [2.45, 2.75) is 75.5 Å². The molecule has 0 spiro atoms. The second kappa shape index (κ2) is 15.0. The van der Waals surface area contributed by atoms with E-state index < -0.39 is 24.0 Å². The lowest BCUT2D eigenvalue weighted by Gasteiger charge is -2.38. The van der Waals surface area contributed by atoms with Crippen molar-refractivity contribution in [3.05, 3.63) is 71.8 Å². The van der Waals surface area contributed by atoms with E-state index in [9.17, 15) is 19.2 Å². The Bertz CT molecular complexity index is 1250. The van der Waals surface area contributed by atoms with E-state index in [1.54, 1.807) is 4.90 Å². The van der Waals surface area contributed by atoms with E-state index in [1.165, 1.54) is 5.56 Å². The quantitative estimate of drug-likeness (QED) is 0.134. The molecule has 42 heavy (non-hydrogen) atoms. The molecule has 2 fully saturated rings. The third kappa shape index (κ3) is 8.55. The van der Waals surface area contributed by atoms with Crippen LogP contribution in [-0.2, 0) is 32.0 Å². The largest absolute Gasteiger partial charge is 0.370 e. The topological polar surface area (TPSA) is 172 Å². The Morgan fingerprint density at radius 3 is 2.29 bits per heavy atom. The van der Waals surface area contributed by atoms with Gasteiger partial charge in [0.1, 0.15) is 18.1 Å². The molecule has 0 aromatic heterocycles. The predicted octanol–water partition coefficient (Wildman–Crippen LogP) is 0.765. The first-order valence-corrected chi connectivity index (χ1v) is 14.6. The van der Waals surface area contributed by atoms with Crippen molar-refractivity contribution >= 4 is 29.6 Å². The maximum Gasteiger partial charge on any atom is 0.246 e. The Morgan fingerprint density at radius 1 is 0.929 bits per heavy atom. The highest BCUT2D eigenvalue weighted by Crippen LogP contribution is 2.33. The fourth-order valence-electron chi connectivity index (χ4n) is 5.71. The molecule has 11 nitrogen and oxygen atoms in total. The minimum Gasteiger partial charge on any atom is -0.370 e. The molecule has 0 radical (unpaired) electrons. The maximum absolute atomic E-state index is 13.5. The average molecular weight is 576 g/mol. The summed E-state index contributed by atoms with van der Waals surface area (Å²) >= 11 is 0. The highest BCUT2D eigenvalue weighted by atomic mass is 16.2. The van der Waals surface area contributed by atoms with Crippen LogP contribution in [0, 0.1) is 0 Å². The van der Waals surface area contributed by atoms with Crippen molar-refractivity contribution in [2.75, 3.05) is 13.1 Å². The van der Waals surface area contributed by atoms with E-state index in [0.717, 1.165) is 18.4 Å². The molecule has 11 heteroatoms. The predicted molar refractivity (Wildman–Crippen MR) is 160 cm³/mol. The Labute approximate surface area is 246 Å². The van der Waals surface area contributed by atoms with Gasteiger partial charge in [0.15, 0.2) is 5.96 Å². The summed E-state index contributed by atoms with van der Waals surface area (Å²) in [6.45, 7) is 0.610. The minimum absolute atomic E-state index is 0.0672. The maximum atomic E-state index is 13.5. The zero-order valence-electron chi connectivity index (χ0n) is 23.8. The first kappa shape index (κ1) is 30.5. The van der Waals surface area contributed by atoms with Crippen molar-refractivity contribution in [1.82, 2.24) is 20.9 Å². The van der Waals surface area contributed by atoms with Gasteiger partial charge < -0.3 is 32.3 Å². The molecule has 4 amide bonds. The van der Waals surface area contributed by atoms with Gasteiger partial charge in [-0.2, -0.15) is 0 Å². The van der Waals surface area contributed by atoms with Crippen LogP contribution in [-0.4, -0.2) is 71.7 Å². The van der Waals surface area contributed by atoms with Crippen LogP contribution in [0.3, 0.4) is 0 Å². The number of guanidine groups is 1. The number of hydrogen-bond acceptors (Lipinski definition) is 5. The Kier molecular flexibility index (Phi) is 10.9. The molecule has 2 heterocycles. The molecule has 2 unspecified atom stereocenters. The van der Waals surface area contributed by atoms with Crippen molar-refractivity contribution in [1.29, 1.82) is 0 Å². The number of aryl methyl sites for hydroxylation is 1. The fraction of sp³-hybridized carbons (Fsp3) is 0.452. The summed E-state index contributed by atoms with van der Waals surface area (Å²) in [5.74, 6) is -1.31. The molecule has 0 bridgehead atoms. The number of nitrogens with zero attached hydrogens (tertiary/aromatic N) is 2. The summed E-state index contributed by atoms with van der Waals surface area (Å²) in [4.78, 5) is 58.3. The summed E-state index contributed by atoms with van der Waals surface area (Å²) in [5, 5.41) is 8.62. The molecule has 4 atom stereocenters. The second-order valence-electron chi connectivity index (χ2n) is 10.9. The fourth-order valence-corrected chi connectivity index (χ4v) is 5.71. The lowest BCUT2D eigenvalue weighted by atomic mass is 9.97. The zero-order chi connectivity index (χ0) is 29.9. The lowest BCUT2D eigenvalue weighted by Crippen LogP contribution is -2.60. The average Bonchev–Trinajstić information content (AvgIpc) is 3.42. The van der Waals surface area contributed by atoms with Crippen molar-refractivity contribution in [3.63, 3.8) is 0 Å². The summed E-state index contributed by atoms with van der Waals surface area (Å²) in [6, 6.07) is 17.0. The zero-order valence-corrected chi connectivity index (χ0v) is 23.8. The minimum atomic E-state index is -0.863. The molecule has 7 N–H and O–H groups in total. The third-order valence-corrected chi connectivity index (χ3v) is 7.82. The number of nitrogens with one attached hydrogen (secondary N) is 3. The molecule has 2 aromatic carbocycles. The van der Waals surface area contributed by atoms with E-state index in [4.69, 9.17) is 11.5 Å². The summed E-state index contributed by atoms with van der Waals surface area (Å²) in [5.41, 5.74) is 12.9. The van der Waals surface area contributed by atoms with Crippen LogP contribution >= 0.6 is 0 Å². The van der Waals surface area contributed by atoms with Gasteiger partial charge in [0.2, 0.25) is 23.6 Å². The van der Waals surface area contributed by atoms with E-state index in [2.05, 4.69) is 20.9 Å². The molecule has 4 rings (SSSR count). The van der Waals surface area contributed by atoms with Crippen LogP contribution in [0.2, 0.25) is 0 Å². The van der Waals surface area contributed by atoms with Gasteiger partial charge in [0, 0.05) is 19.1 Å². The first-order chi connectivity index (χ1) is 20.3. The van der Waals surface area contributed by atoms with Crippen LogP contribution in [0.5, 0.6) is 0 Å². The smallest absolute Gasteiger partial charge is 0.246 e. The molecule has 0 saturated carbocycles. The van der Waals surface area contributed by atoms with Crippen LogP contribution in [0.25, 0.3) is 0 Å². The number of fused-ring (bicyclic) bond motifs is 1. The number of rotatable bonds is 13. The first-order valence-electron chi connectivity index (χ1n) is 14.6. The Hall–Kier alpha value is -4.41. The Morgan fingerprint density at radius 2 is 1.60 bits per heavy atom. The van der Waals surface area contributed by atoms with Crippen LogP contribution in [0.4, 0.5) is 0 Å². The Balaban J connectivity index is 1.34. The molecule has 2 aromatic rings. The lowest BCUT2D eigenvalue weighted by molar-refractivity contribution is -0.146. The van der Waals surface area contributed by atoms with Crippen molar-refractivity contribution in [2.24, 2.45) is 16.5 Å². The third-order valence-electron chi connectivity index (χ3n) is 7.82. The summed E-state index contributed by atoms with van der Waals surface area (Å²) in [7, 11) is 0. The number of hydrogen-bond donors (Lipinski definition) is 5. The van der Waals surface area contributed by atoms with Crippen LogP contribution < -0.4 is 27.4 Å². The molecular weight excluding hydrogens is 534 g/mol. The van der Waals surface area contributed by atoms with Gasteiger partial charge in [-0.3, -0.25) is 24.2 Å². The van der Waals surface area contributed by atoms with E-state index >= 15 is 0 Å². The van der Waals surface area contributed by atoms with Gasteiger partial charge >= 0.3 is 0 Å². The highest BCUT2D eigenvalue weighted by Gasteiger charge is 2.46. The van der Waals surface area contributed by atoms with Crippen LogP contribution in [0.1, 0.15) is 49.7 Å². The van der Waals surface area contributed by atoms with Gasteiger partial charge in [-0.1, -0.05) is 60.7 Å². The monoisotopic (exact) mass is 575 g/mol. The van der Waals surface area contributed by atoms with E-state index in [1.807, 2.05) is 60.7 Å². The van der Waals surface area contributed by atoms with Gasteiger partial charge in [0.05, 0.1) is 6.42 Å². The number of aliphatic imine (C=N–C) groups is 1. The normalized spacial score (nSPS) is 20.2. The number of benzene rings is 2. The molecule has 0 aliphatic carbocycles. The number of piperidine rings is 1. The van der Waals surface area contributed by atoms with Crippen molar-refractivity contribution in [3.8, 4) is 0 Å². The highest BCUT2D eigenvalue weighted by molar-refractivity contribution is 5.95. The number of nitrogens with two attached hydrogens (primary N) is 2. The van der Waals surface area contributed by atoms with Gasteiger partial charge in [-0.15, -0.1) is 0 Å². The van der Waals surface area contributed by atoms with E-state index in [0.29, 0.717) is 32.2 Å². The van der Waals surface area contributed by atoms with Gasteiger partial charge in [-0.25, -0.2) is 0 Å². The van der Waals surface area contributed by atoms with E-state index in [-0.39, 0.29) is 49.1 Å². The SMILES string of the molecule is NC(N)=NCC[C@H](NC(=O)C1CC[C@@H]2CCC(NC(=O)Cc3ccccc3)C(=O)N12)C(=O)NCCCc1ccccc1. The molecule has 2 saturated heterocycles. The molecule has 224 valence electrons. The van der Waals surface area contributed by atoms with Crippen LogP contribution in [0.15, 0.2) is 65.7 Å². The van der Waals surface area contributed by atoms with Crippen molar-refractivity contribution < 1.29 is 19.2 Å². The molecule has 2 aliphatic rings. The number of carbonyl (C=O) groups is 4. The second-order valence-corrected chi connectivity index (χ2v) is 10.9.